The number of carbonyl (C=O) groups excluding carboxylic acids is 5. The van der Waals surface area contributed by atoms with E-state index in [1.807, 2.05) is 0 Å². The van der Waals surface area contributed by atoms with Gasteiger partial charge < -0.3 is 14.2 Å². The highest BCUT2D eigenvalue weighted by molar-refractivity contribution is 6.23. The predicted octanol–water partition coefficient (Wildman–Crippen LogP) is 1.15. The number of imide groups is 1. The summed E-state index contributed by atoms with van der Waals surface area (Å²) in [5.74, 6) is -4.50. The van der Waals surface area contributed by atoms with E-state index in [9.17, 15) is 24.0 Å². The van der Waals surface area contributed by atoms with Gasteiger partial charge in [-0.1, -0.05) is 6.08 Å². The lowest BCUT2D eigenvalue weighted by Gasteiger charge is -2.34. The van der Waals surface area contributed by atoms with Crippen LogP contribution in [0.5, 0.6) is 0 Å². The zero-order chi connectivity index (χ0) is 21.8. The number of Topliss-reactive ketones (excluding diaryl/α,β-unsaturated/α-hetero) is 1. The molecule has 1 aromatic rings. The fourth-order valence-corrected chi connectivity index (χ4v) is 4.32. The van der Waals surface area contributed by atoms with Gasteiger partial charge in [-0.05, 0) is 37.3 Å². The summed E-state index contributed by atoms with van der Waals surface area (Å²) < 4.78 is 16.2. The molecule has 3 aliphatic rings. The summed E-state index contributed by atoms with van der Waals surface area (Å²) in [7, 11) is 0. The van der Waals surface area contributed by atoms with Crippen molar-refractivity contribution in [1.29, 1.82) is 0 Å². The molecule has 9 nitrogen and oxygen atoms in total. The van der Waals surface area contributed by atoms with Gasteiger partial charge in [-0.25, -0.2) is 4.90 Å². The lowest BCUT2D eigenvalue weighted by molar-refractivity contribution is -0.226. The van der Waals surface area contributed by atoms with Crippen LogP contribution in [0.2, 0.25) is 0 Å². The molecule has 0 radical (unpaired) electrons. The number of anilines is 1. The maximum absolute atomic E-state index is 13.3. The molecule has 0 spiro atoms. The molecule has 4 rings (SSSR count). The van der Waals surface area contributed by atoms with Crippen molar-refractivity contribution in [2.75, 3.05) is 4.90 Å². The van der Waals surface area contributed by atoms with Crippen molar-refractivity contribution in [2.45, 2.75) is 38.8 Å². The molecule has 0 aliphatic carbocycles. The molecule has 30 heavy (non-hydrogen) atoms. The number of carbonyl (C=O) groups is 5. The molecule has 2 bridgehead atoms. The highest BCUT2D eigenvalue weighted by Gasteiger charge is 2.72. The van der Waals surface area contributed by atoms with Crippen molar-refractivity contribution < 1.29 is 38.2 Å². The first-order chi connectivity index (χ1) is 14.2. The standard InChI is InChI=1S/C21H19NO8/c1-10(23)13-4-6-14(7-5-13)22-18(26)16-15-8-9-21(30-15,17(16)19(22)27)20(28-11(2)24)29-12(3)25/h4-9,15-17,20H,1-3H3/t15-,16+,17-,21-/m0/s1. The Kier molecular flexibility index (Phi) is 4.58. The second-order valence-corrected chi connectivity index (χ2v) is 7.46. The van der Waals surface area contributed by atoms with Crippen LogP contribution in [0.3, 0.4) is 0 Å². The van der Waals surface area contributed by atoms with Crippen molar-refractivity contribution in [3.8, 4) is 0 Å². The molecule has 2 saturated heterocycles. The van der Waals surface area contributed by atoms with Crippen molar-refractivity contribution in [1.82, 2.24) is 0 Å². The number of hydrogen-bond donors (Lipinski definition) is 0. The summed E-state index contributed by atoms with van der Waals surface area (Å²) >= 11 is 0. The monoisotopic (exact) mass is 413 g/mol. The number of fused-ring (bicyclic) bond motifs is 5. The van der Waals surface area contributed by atoms with Crippen LogP contribution in [-0.2, 0) is 33.4 Å². The molecule has 156 valence electrons. The minimum atomic E-state index is -1.59. The van der Waals surface area contributed by atoms with E-state index in [-0.39, 0.29) is 5.78 Å². The van der Waals surface area contributed by atoms with Crippen LogP contribution < -0.4 is 4.90 Å². The van der Waals surface area contributed by atoms with Crippen LogP contribution in [0.4, 0.5) is 5.69 Å². The Labute approximate surface area is 171 Å². The second-order valence-electron chi connectivity index (χ2n) is 7.46. The molecule has 0 saturated carbocycles. The molecule has 9 heteroatoms. The summed E-state index contributed by atoms with van der Waals surface area (Å²) in [6.45, 7) is 3.70. The Balaban J connectivity index is 1.71. The molecule has 2 fully saturated rings. The van der Waals surface area contributed by atoms with Gasteiger partial charge in [-0.3, -0.25) is 24.0 Å². The number of rotatable bonds is 5. The molecule has 0 unspecified atom stereocenters. The number of benzene rings is 1. The highest BCUT2D eigenvalue weighted by Crippen LogP contribution is 2.54. The summed E-state index contributed by atoms with van der Waals surface area (Å²) in [5.41, 5.74) is -0.826. The summed E-state index contributed by atoms with van der Waals surface area (Å²) in [4.78, 5) is 62.2. The van der Waals surface area contributed by atoms with Gasteiger partial charge in [0, 0.05) is 19.4 Å². The first-order valence-electron chi connectivity index (χ1n) is 9.36. The minimum Gasteiger partial charge on any atom is -0.422 e. The molecular weight excluding hydrogens is 394 g/mol. The molecule has 0 N–H and O–H groups in total. The maximum atomic E-state index is 13.3. The normalized spacial score (nSPS) is 28.8. The number of ketones is 1. The van der Waals surface area contributed by atoms with E-state index < -0.39 is 53.6 Å². The van der Waals surface area contributed by atoms with Gasteiger partial charge in [0.1, 0.15) is 0 Å². The second kappa shape index (κ2) is 6.88. The van der Waals surface area contributed by atoms with Gasteiger partial charge in [0.05, 0.1) is 23.6 Å². The van der Waals surface area contributed by atoms with Crippen LogP contribution in [0.25, 0.3) is 0 Å². The Morgan fingerprint density at radius 1 is 1.00 bits per heavy atom. The third kappa shape index (κ3) is 2.85. The zero-order valence-electron chi connectivity index (χ0n) is 16.5. The van der Waals surface area contributed by atoms with E-state index in [1.54, 1.807) is 6.08 Å². The fourth-order valence-electron chi connectivity index (χ4n) is 4.32. The molecule has 1 aromatic carbocycles. The fraction of sp³-hybridized carbons (Fsp3) is 0.381. The highest BCUT2D eigenvalue weighted by atomic mass is 16.7. The summed E-state index contributed by atoms with van der Waals surface area (Å²) in [6, 6.07) is 6.11. The van der Waals surface area contributed by atoms with E-state index >= 15 is 0 Å². The third-order valence-corrected chi connectivity index (χ3v) is 5.52. The van der Waals surface area contributed by atoms with Gasteiger partial charge in [-0.15, -0.1) is 0 Å². The van der Waals surface area contributed by atoms with Gasteiger partial charge in [-0.2, -0.15) is 0 Å². The zero-order valence-corrected chi connectivity index (χ0v) is 16.5. The topological polar surface area (TPSA) is 116 Å². The largest absolute Gasteiger partial charge is 0.422 e. The molecular formula is C21H19NO8. The SMILES string of the molecule is CC(=O)OC(OC(C)=O)[C@@]12C=C[C@H](O1)[C@H]1C(=O)N(c3ccc(C(C)=O)cc3)C(=O)[C@H]12. The van der Waals surface area contributed by atoms with Crippen molar-refractivity contribution in [3.63, 3.8) is 0 Å². The van der Waals surface area contributed by atoms with Crippen molar-refractivity contribution in [2.24, 2.45) is 11.8 Å². The first kappa shape index (κ1) is 20.0. The lowest BCUT2D eigenvalue weighted by atomic mass is 9.76. The average Bonchev–Trinajstić information content (AvgIpc) is 3.32. The van der Waals surface area contributed by atoms with Crippen molar-refractivity contribution in [3.05, 3.63) is 42.0 Å². The Morgan fingerprint density at radius 2 is 1.60 bits per heavy atom. The molecule has 0 aromatic heterocycles. The van der Waals surface area contributed by atoms with Crippen LogP contribution in [-0.4, -0.2) is 47.5 Å². The number of esters is 2. The minimum absolute atomic E-state index is 0.141. The van der Waals surface area contributed by atoms with E-state index in [0.29, 0.717) is 11.3 Å². The van der Waals surface area contributed by atoms with Crippen LogP contribution in [0, 0.1) is 11.8 Å². The average molecular weight is 413 g/mol. The molecule has 2 amide bonds. The van der Waals surface area contributed by atoms with Gasteiger partial charge in [0.25, 0.3) is 6.29 Å². The van der Waals surface area contributed by atoms with E-state index in [0.717, 1.165) is 18.7 Å². The van der Waals surface area contributed by atoms with E-state index in [1.165, 1.54) is 37.3 Å². The number of hydrogen-bond acceptors (Lipinski definition) is 8. The van der Waals surface area contributed by atoms with Gasteiger partial charge >= 0.3 is 11.9 Å². The third-order valence-electron chi connectivity index (χ3n) is 5.52. The molecule has 3 heterocycles. The molecule has 3 aliphatic heterocycles. The van der Waals surface area contributed by atoms with E-state index in [2.05, 4.69) is 0 Å². The predicted molar refractivity (Wildman–Crippen MR) is 100.0 cm³/mol. The number of amides is 2. The van der Waals surface area contributed by atoms with Crippen LogP contribution >= 0.6 is 0 Å². The number of ether oxygens (including phenoxy) is 3. The Morgan fingerprint density at radius 3 is 2.13 bits per heavy atom. The quantitative estimate of drug-likeness (QED) is 0.232. The van der Waals surface area contributed by atoms with Gasteiger partial charge in [0.2, 0.25) is 11.8 Å². The molecule has 4 atom stereocenters. The smallest absolute Gasteiger partial charge is 0.305 e. The Bertz CT molecular complexity index is 981. The maximum Gasteiger partial charge on any atom is 0.305 e. The van der Waals surface area contributed by atoms with Crippen molar-refractivity contribution >= 4 is 35.2 Å². The first-order valence-corrected chi connectivity index (χ1v) is 9.36. The Hall–Kier alpha value is -3.33. The number of nitrogens with zero attached hydrogens (tertiary/aromatic N) is 1. The summed E-state index contributed by atoms with van der Waals surface area (Å²) in [6.07, 6.45) is 0.888. The van der Waals surface area contributed by atoms with Gasteiger partial charge in [0.15, 0.2) is 11.4 Å². The van der Waals surface area contributed by atoms with E-state index in [4.69, 9.17) is 14.2 Å². The van der Waals surface area contributed by atoms with Crippen LogP contribution in [0.1, 0.15) is 31.1 Å². The lowest BCUT2D eigenvalue weighted by Crippen LogP contribution is -2.52. The van der Waals surface area contributed by atoms with Crippen LogP contribution in [0.15, 0.2) is 36.4 Å². The summed E-state index contributed by atoms with van der Waals surface area (Å²) in [5, 5.41) is 0.